The smallest absolute Gasteiger partial charge is 0.308 e. The Morgan fingerprint density at radius 2 is 1.04 bits per heavy atom. The topological polar surface area (TPSA) is 123 Å². The van der Waals surface area contributed by atoms with Crippen LogP contribution < -0.4 is 16.0 Å². The molecule has 0 aromatic rings. The molecule has 47 heavy (non-hydrogen) atoms. The van der Waals surface area contributed by atoms with Crippen molar-refractivity contribution in [1.82, 2.24) is 30.7 Å². The molecule has 0 fully saturated rings. The second-order valence-corrected chi connectivity index (χ2v) is 15.3. The zero-order valence-corrected chi connectivity index (χ0v) is 32.0. The minimum absolute atomic E-state index is 0.0709. The highest BCUT2D eigenvalue weighted by Crippen LogP contribution is 2.27. The van der Waals surface area contributed by atoms with Gasteiger partial charge in [-0.25, -0.2) is 0 Å². The molecule has 0 rings (SSSR count). The van der Waals surface area contributed by atoms with Crippen molar-refractivity contribution in [1.29, 1.82) is 0 Å². The lowest BCUT2D eigenvalue weighted by atomic mass is 9.83. The molecule has 4 atom stereocenters. The number of carbonyl (C=O) groups excluding carboxylic acids is 4. The summed E-state index contributed by atoms with van der Waals surface area (Å²) in [7, 11) is 12.0. The van der Waals surface area contributed by atoms with Crippen molar-refractivity contribution in [3.05, 3.63) is 0 Å². The maximum absolute atomic E-state index is 13.6. The van der Waals surface area contributed by atoms with E-state index in [-0.39, 0.29) is 40.9 Å². The first-order valence-electron chi connectivity index (χ1n) is 17.9. The summed E-state index contributed by atoms with van der Waals surface area (Å²) >= 11 is 0. The van der Waals surface area contributed by atoms with Gasteiger partial charge in [-0.2, -0.15) is 0 Å². The lowest BCUT2D eigenvalue weighted by Gasteiger charge is -2.26. The predicted octanol–water partition coefficient (Wildman–Crippen LogP) is 3.62. The Balaban J connectivity index is 5.76. The van der Waals surface area contributed by atoms with Gasteiger partial charge in [-0.1, -0.05) is 41.0 Å². The summed E-state index contributed by atoms with van der Waals surface area (Å²) in [5, 5.41) is 9.20. The van der Waals surface area contributed by atoms with Gasteiger partial charge in [0.1, 0.15) is 0 Å². The van der Waals surface area contributed by atoms with Crippen molar-refractivity contribution >= 4 is 23.7 Å². The Labute approximate surface area is 287 Å². The number of nitrogens with one attached hydrogen (secondary N) is 3. The average molecular weight is 669 g/mol. The van der Waals surface area contributed by atoms with Crippen LogP contribution in [0.2, 0.25) is 0 Å². The summed E-state index contributed by atoms with van der Waals surface area (Å²) in [6.45, 7) is 14.6. The van der Waals surface area contributed by atoms with Gasteiger partial charge in [0.15, 0.2) is 0 Å². The molecule has 0 bridgehead atoms. The highest BCUT2D eigenvalue weighted by molar-refractivity contribution is 5.83. The van der Waals surface area contributed by atoms with Crippen LogP contribution in [0.4, 0.5) is 0 Å². The summed E-state index contributed by atoms with van der Waals surface area (Å²) in [6.07, 6.45) is 5.70. The molecule has 0 aliphatic rings. The SMILES string of the molecule is CCC(CCCC(CC(CC(C)C(=O)NCCCN(C)C)C(=O)NCCCN(C)C)C(=O)NCCCN(C)C)C(=O)OCC(C)(C)C. The minimum Gasteiger partial charge on any atom is -0.465 e. The third-order valence-corrected chi connectivity index (χ3v) is 8.22. The Bertz CT molecular complexity index is 890. The lowest BCUT2D eigenvalue weighted by molar-refractivity contribution is -0.151. The van der Waals surface area contributed by atoms with Crippen LogP contribution in [-0.4, -0.2) is 127 Å². The molecule has 276 valence electrons. The monoisotopic (exact) mass is 669 g/mol. The second kappa shape index (κ2) is 24.8. The first-order chi connectivity index (χ1) is 22.0. The van der Waals surface area contributed by atoms with Gasteiger partial charge < -0.3 is 35.4 Å². The fourth-order valence-electron chi connectivity index (χ4n) is 5.33. The van der Waals surface area contributed by atoms with Crippen LogP contribution in [0.25, 0.3) is 0 Å². The molecule has 0 saturated heterocycles. The van der Waals surface area contributed by atoms with Crippen molar-refractivity contribution in [3.8, 4) is 0 Å². The van der Waals surface area contributed by atoms with Crippen molar-refractivity contribution in [2.45, 2.75) is 92.4 Å². The predicted molar refractivity (Wildman–Crippen MR) is 192 cm³/mol. The van der Waals surface area contributed by atoms with Gasteiger partial charge in [0.25, 0.3) is 0 Å². The lowest BCUT2D eigenvalue weighted by Crippen LogP contribution is -2.40. The maximum atomic E-state index is 13.6. The standard InChI is InChI=1S/C36H72N6O5/c1-12-29(35(46)47-27-36(3,4)5)17-13-18-30(33(44)38-20-15-23-41(8)9)26-31(34(45)39-21-16-24-42(10)11)25-28(2)32(43)37-19-14-22-40(6)7/h28-31H,12-27H2,1-11H3,(H,37,43)(H,38,44)(H,39,45). The fourth-order valence-corrected chi connectivity index (χ4v) is 5.33. The molecule has 3 amide bonds. The number of rotatable bonds is 26. The fraction of sp³-hybridized carbons (Fsp3) is 0.889. The van der Waals surface area contributed by atoms with Gasteiger partial charge in [-0.05, 0) is 119 Å². The molecule has 0 saturated carbocycles. The minimum atomic E-state index is -0.492. The van der Waals surface area contributed by atoms with E-state index in [1.807, 2.05) is 76.9 Å². The van der Waals surface area contributed by atoms with Gasteiger partial charge in [0, 0.05) is 37.4 Å². The number of nitrogens with zero attached hydrogens (tertiary/aromatic N) is 3. The molecule has 4 unspecified atom stereocenters. The molecule has 0 radical (unpaired) electrons. The Kier molecular flexibility index (Phi) is 23.7. The number of ether oxygens (including phenoxy) is 1. The molecule has 0 heterocycles. The van der Waals surface area contributed by atoms with Crippen molar-refractivity contribution in [2.75, 3.05) is 88.2 Å². The molecular formula is C36H72N6O5. The molecule has 11 heteroatoms. The van der Waals surface area contributed by atoms with Gasteiger partial charge in [0.05, 0.1) is 12.5 Å². The van der Waals surface area contributed by atoms with Crippen LogP contribution in [0.5, 0.6) is 0 Å². The van der Waals surface area contributed by atoms with E-state index < -0.39 is 11.8 Å². The van der Waals surface area contributed by atoms with E-state index in [0.29, 0.717) is 64.8 Å². The van der Waals surface area contributed by atoms with E-state index in [1.54, 1.807) is 0 Å². The molecule has 0 aliphatic carbocycles. The van der Waals surface area contributed by atoms with Crippen LogP contribution in [0.3, 0.4) is 0 Å². The first-order valence-corrected chi connectivity index (χ1v) is 17.9. The van der Waals surface area contributed by atoms with E-state index in [9.17, 15) is 19.2 Å². The van der Waals surface area contributed by atoms with Crippen molar-refractivity contribution < 1.29 is 23.9 Å². The van der Waals surface area contributed by atoms with Crippen molar-refractivity contribution in [3.63, 3.8) is 0 Å². The summed E-state index contributed by atoms with van der Waals surface area (Å²) in [6, 6.07) is 0. The highest BCUT2D eigenvalue weighted by atomic mass is 16.5. The van der Waals surface area contributed by atoms with Crippen LogP contribution >= 0.6 is 0 Å². The Hall–Kier alpha value is -2.24. The second-order valence-electron chi connectivity index (χ2n) is 15.3. The van der Waals surface area contributed by atoms with Gasteiger partial charge in [-0.3, -0.25) is 19.2 Å². The molecule has 0 spiro atoms. The molecule has 0 aromatic carbocycles. The van der Waals surface area contributed by atoms with Crippen molar-refractivity contribution in [2.24, 2.45) is 29.1 Å². The number of carbonyl (C=O) groups is 4. The number of hydrogen-bond acceptors (Lipinski definition) is 8. The molecule has 0 aliphatic heterocycles. The van der Waals surface area contributed by atoms with Crippen LogP contribution in [0.15, 0.2) is 0 Å². The first kappa shape index (κ1) is 44.8. The van der Waals surface area contributed by atoms with E-state index in [0.717, 1.165) is 38.9 Å². The summed E-state index contributed by atoms with van der Waals surface area (Å²) in [4.78, 5) is 59.2. The normalized spacial score (nSPS) is 14.5. The van der Waals surface area contributed by atoms with E-state index in [4.69, 9.17) is 4.74 Å². The molecule has 11 nitrogen and oxygen atoms in total. The summed E-state index contributed by atoms with van der Waals surface area (Å²) < 4.78 is 5.60. The Morgan fingerprint density at radius 3 is 1.47 bits per heavy atom. The third kappa shape index (κ3) is 23.7. The van der Waals surface area contributed by atoms with Crippen LogP contribution in [-0.2, 0) is 23.9 Å². The largest absolute Gasteiger partial charge is 0.465 e. The van der Waals surface area contributed by atoms with E-state index >= 15 is 0 Å². The van der Waals surface area contributed by atoms with Gasteiger partial charge in [0.2, 0.25) is 17.7 Å². The van der Waals surface area contributed by atoms with Crippen LogP contribution in [0.1, 0.15) is 92.4 Å². The van der Waals surface area contributed by atoms with E-state index in [1.165, 1.54) is 0 Å². The van der Waals surface area contributed by atoms with Gasteiger partial charge >= 0.3 is 5.97 Å². The van der Waals surface area contributed by atoms with Gasteiger partial charge in [-0.15, -0.1) is 0 Å². The highest BCUT2D eigenvalue weighted by Gasteiger charge is 2.31. The average Bonchev–Trinajstić information content (AvgIpc) is 2.98. The number of amides is 3. The quantitative estimate of drug-likeness (QED) is 0.0944. The zero-order chi connectivity index (χ0) is 36.0. The zero-order valence-electron chi connectivity index (χ0n) is 32.0. The Morgan fingerprint density at radius 1 is 0.617 bits per heavy atom. The molecule has 3 N–H and O–H groups in total. The number of esters is 1. The summed E-state index contributed by atoms with van der Waals surface area (Å²) in [5.41, 5.74) is -0.105. The molecule has 0 aromatic heterocycles. The maximum Gasteiger partial charge on any atom is 0.308 e. The number of hydrogen-bond donors (Lipinski definition) is 3. The van der Waals surface area contributed by atoms with Crippen LogP contribution in [0, 0.1) is 29.1 Å². The summed E-state index contributed by atoms with van der Waals surface area (Å²) in [5.74, 6) is -1.95. The van der Waals surface area contributed by atoms with E-state index in [2.05, 4.69) is 30.7 Å². The molecular weight excluding hydrogens is 596 g/mol. The third-order valence-electron chi connectivity index (χ3n) is 8.22.